The Labute approximate surface area is 191 Å². The molecule has 2 aliphatic rings. The summed E-state index contributed by atoms with van der Waals surface area (Å²) in [5.74, 6) is 1.66. The molecule has 0 spiro atoms. The minimum absolute atomic E-state index is 0.0916. The zero-order chi connectivity index (χ0) is 22.2. The van der Waals surface area contributed by atoms with Gasteiger partial charge < -0.3 is 19.7 Å². The predicted molar refractivity (Wildman–Crippen MR) is 128 cm³/mol. The van der Waals surface area contributed by atoms with Crippen LogP contribution in [0.3, 0.4) is 0 Å². The van der Waals surface area contributed by atoms with Crippen molar-refractivity contribution in [3.05, 3.63) is 54.1 Å². The molecule has 6 nitrogen and oxygen atoms in total. The highest BCUT2D eigenvalue weighted by molar-refractivity contribution is 5.79. The molecule has 0 aromatic heterocycles. The number of rotatable bonds is 9. The lowest BCUT2D eigenvalue weighted by Crippen LogP contribution is -2.46. The minimum Gasteiger partial charge on any atom is -0.494 e. The second kappa shape index (κ2) is 11.2. The van der Waals surface area contributed by atoms with Crippen molar-refractivity contribution in [2.45, 2.75) is 26.2 Å². The van der Waals surface area contributed by atoms with Gasteiger partial charge in [0.15, 0.2) is 0 Å². The van der Waals surface area contributed by atoms with Crippen LogP contribution in [-0.4, -0.2) is 63.3 Å². The van der Waals surface area contributed by atoms with Gasteiger partial charge in [0.25, 0.3) is 0 Å². The van der Waals surface area contributed by atoms with Crippen LogP contribution in [0.15, 0.2) is 48.5 Å². The maximum atomic E-state index is 12.6. The molecule has 172 valence electrons. The Morgan fingerprint density at radius 2 is 1.91 bits per heavy atom. The number of anilines is 1. The normalized spacial score (nSPS) is 18.5. The van der Waals surface area contributed by atoms with Gasteiger partial charge in [-0.1, -0.05) is 18.2 Å². The molecule has 1 N–H and O–H groups in total. The zero-order valence-electron chi connectivity index (χ0n) is 19.1. The lowest BCUT2D eigenvalue weighted by Gasteiger charge is -2.36. The number of hydrogen-bond donors (Lipinski definition) is 1. The van der Waals surface area contributed by atoms with Gasteiger partial charge in [0.05, 0.1) is 12.5 Å². The van der Waals surface area contributed by atoms with Crippen molar-refractivity contribution in [2.75, 3.05) is 57.4 Å². The smallest absolute Gasteiger partial charge is 0.226 e. The van der Waals surface area contributed by atoms with E-state index in [1.807, 2.05) is 25.1 Å². The molecule has 32 heavy (non-hydrogen) atoms. The van der Waals surface area contributed by atoms with Gasteiger partial charge in [0, 0.05) is 38.4 Å². The number of hydrogen-bond acceptors (Lipinski definition) is 5. The monoisotopic (exact) mass is 437 g/mol. The van der Waals surface area contributed by atoms with Crippen LogP contribution in [0.1, 0.15) is 25.3 Å². The van der Waals surface area contributed by atoms with E-state index < -0.39 is 0 Å². The van der Waals surface area contributed by atoms with Crippen LogP contribution in [0, 0.1) is 5.92 Å². The standard InChI is InChI=1S/C26H35N3O3/c1-2-31-24-10-11-25-21(19-24)18-22(20-32-25)26(30)27-12-6-7-13-28-14-16-29(17-15-28)23-8-4-3-5-9-23/h3-5,8-11,19,22H,2,6-7,12-18,20H2,1H3,(H,27,30). The summed E-state index contributed by atoms with van der Waals surface area (Å²) in [4.78, 5) is 17.6. The number of ether oxygens (including phenoxy) is 2. The molecule has 1 atom stereocenters. The second-order valence-corrected chi connectivity index (χ2v) is 8.58. The predicted octanol–water partition coefficient (Wildman–Crippen LogP) is 3.36. The van der Waals surface area contributed by atoms with Crippen molar-refractivity contribution in [3.8, 4) is 11.5 Å². The fraction of sp³-hybridized carbons (Fsp3) is 0.500. The fourth-order valence-corrected chi connectivity index (χ4v) is 4.48. The van der Waals surface area contributed by atoms with Gasteiger partial charge in [-0.2, -0.15) is 0 Å². The molecule has 0 aliphatic carbocycles. The molecule has 1 fully saturated rings. The molecular formula is C26H35N3O3. The summed E-state index contributed by atoms with van der Waals surface area (Å²) >= 11 is 0. The number of piperazine rings is 1. The summed E-state index contributed by atoms with van der Waals surface area (Å²) in [5, 5.41) is 3.11. The average Bonchev–Trinajstić information content (AvgIpc) is 2.84. The number of nitrogens with one attached hydrogen (secondary N) is 1. The SMILES string of the molecule is CCOc1ccc2c(c1)CC(C(=O)NCCCCN1CCN(c3ccccc3)CC1)CO2. The molecule has 1 saturated heterocycles. The van der Waals surface area contributed by atoms with Gasteiger partial charge in [-0.05, 0) is 68.6 Å². The first kappa shape index (κ1) is 22.5. The number of nitrogens with zero attached hydrogens (tertiary/aromatic N) is 2. The lowest BCUT2D eigenvalue weighted by molar-refractivity contribution is -0.126. The molecule has 0 radical (unpaired) electrons. The van der Waals surface area contributed by atoms with Crippen molar-refractivity contribution in [1.29, 1.82) is 0 Å². The van der Waals surface area contributed by atoms with Crippen LogP contribution < -0.4 is 19.7 Å². The number of carbonyl (C=O) groups is 1. The minimum atomic E-state index is -0.134. The van der Waals surface area contributed by atoms with Crippen molar-refractivity contribution in [3.63, 3.8) is 0 Å². The third-order valence-corrected chi connectivity index (χ3v) is 6.31. The van der Waals surface area contributed by atoms with Crippen LogP contribution in [0.2, 0.25) is 0 Å². The van der Waals surface area contributed by atoms with E-state index >= 15 is 0 Å². The molecular weight excluding hydrogens is 402 g/mol. The van der Waals surface area contributed by atoms with Crippen LogP contribution in [0.4, 0.5) is 5.69 Å². The van der Waals surface area contributed by atoms with E-state index in [1.54, 1.807) is 0 Å². The van der Waals surface area contributed by atoms with Gasteiger partial charge in [-0.15, -0.1) is 0 Å². The van der Waals surface area contributed by atoms with Gasteiger partial charge >= 0.3 is 0 Å². The van der Waals surface area contributed by atoms with E-state index in [4.69, 9.17) is 9.47 Å². The summed E-state index contributed by atoms with van der Waals surface area (Å²) in [6.45, 7) is 9.23. The Morgan fingerprint density at radius 1 is 1.09 bits per heavy atom. The van der Waals surface area contributed by atoms with Crippen molar-refractivity contribution < 1.29 is 14.3 Å². The fourth-order valence-electron chi connectivity index (χ4n) is 4.48. The van der Waals surface area contributed by atoms with Crippen molar-refractivity contribution >= 4 is 11.6 Å². The van der Waals surface area contributed by atoms with E-state index in [-0.39, 0.29) is 11.8 Å². The van der Waals surface area contributed by atoms with Crippen molar-refractivity contribution in [2.24, 2.45) is 5.92 Å². The van der Waals surface area contributed by atoms with E-state index in [1.165, 1.54) is 5.69 Å². The topological polar surface area (TPSA) is 54.0 Å². The molecule has 1 amide bonds. The first-order valence-electron chi connectivity index (χ1n) is 11.9. The molecule has 6 heteroatoms. The highest BCUT2D eigenvalue weighted by Gasteiger charge is 2.26. The highest BCUT2D eigenvalue weighted by Crippen LogP contribution is 2.30. The second-order valence-electron chi connectivity index (χ2n) is 8.58. The van der Waals surface area contributed by atoms with Crippen LogP contribution in [0.5, 0.6) is 11.5 Å². The summed E-state index contributed by atoms with van der Waals surface area (Å²) in [6, 6.07) is 16.5. The summed E-state index contributed by atoms with van der Waals surface area (Å²) in [6.07, 6.45) is 2.81. The van der Waals surface area contributed by atoms with E-state index in [2.05, 4.69) is 45.4 Å². The van der Waals surface area contributed by atoms with Crippen LogP contribution >= 0.6 is 0 Å². The largest absolute Gasteiger partial charge is 0.494 e. The highest BCUT2D eigenvalue weighted by atomic mass is 16.5. The molecule has 0 saturated carbocycles. The third kappa shape index (κ3) is 5.94. The van der Waals surface area contributed by atoms with Gasteiger partial charge in [-0.3, -0.25) is 9.69 Å². The first-order chi connectivity index (χ1) is 15.7. The van der Waals surface area contributed by atoms with E-state index in [0.717, 1.165) is 69.2 Å². The molecule has 2 aliphatic heterocycles. The summed E-state index contributed by atoms with van der Waals surface area (Å²) < 4.78 is 11.4. The number of benzene rings is 2. The number of carbonyl (C=O) groups excluding carboxylic acids is 1. The Balaban J connectivity index is 1.12. The Kier molecular flexibility index (Phi) is 7.88. The molecule has 4 rings (SSSR count). The number of para-hydroxylation sites is 1. The quantitative estimate of drug-likeness (QED) is 0.610. The Morgan fingerprint density at radius 3 is 2.69 bits per heavy atom. The van der Waals surface area contributed by atoms with Crippen molar-refractivity contribution in [1.82, 2.24) is 10.2 Å². The van der Waals surface area contributed by atoms with Gasteiger partial charge in [0.1, 0.15) is 18.1 Å². The Hall–Kier alpha value is -2.73. The molecule has 1 unspecified atom stereocenters. The van der Waals surface area contributed by atoms with Gasteiger partial charge in [0.2, 0.25) is 5.91 Å². The summed E-state index contributed by atoms with van der Waals surface area (Å²) in [7, 11) is 0. The van der Waals surface area contributed by atoms with Crippen LogP contribution in [0.25, 0.3) is 0 Å². The maximum Gasteiger partial charge on any atom is 0.226 e. The van der Waals surface area contributed by atoms with Crippen LogP contribution in [-0.2, 0) is 11.2 Å². The van der Waals surface area contributed by atoms with E-state index in [9.17, 15) is 4.79 Å². The third-order valence-electron chi connectivity index (χ3n) is 6.31. The number of amides is 1. The summed E-state index contributed by atoms with van der Waals surface area (Å²) in [5.41, 5.74) is 2.37. The van der Waals surface area contributed by atoms with E-state index in [0.29, 0.717) is 19.6 Å². The number of unbranched alkanes of at least 4 members (excludes halogenated alkanes) is 1. The zero-order valence-corrected chi connectivity index (χ0v) is 19.1. The average molecular weight is 438 g/mol. The maximum absolute atomic E-state index is 12.6. The molecule has 2 heterocycles. The molecule has 2 aromatic carbocycles. The van der Waals surface area contributed by atoms with Gasteiger partial charge in [-0.25, -0.2) is 0 Å². The Bertz CT molecular complexity index is 866. The lowest BCUT2D eigenvalue weighted by atomic mass is 9.95. The number of fused-ring (bicyclic) bond motifs is 1. The molecule has 0 bridgehead atoms. The first-order valence-corrected chi connectivity index (χ1v) is 11.9. The molecule has 2 aromatic rings.